The van der Waals surface area contributed by atoms with Crippen molar-refractivity contribution < 1.29 is 50.0 Å². The van der Waals surface area contributed by atoms with Gasteiger partial charge in [0.2, 0.25) is 5.75 Å². The first-order valence-electron chi connectivity index (χ1n) is 11.1. The molecule has 3 aromatic carbocycles. The maximum Gasteiger partial charge on any atom is 0.573 e. The molecular weight excluding hydrogens is 543 g/mol. The summed E-state index contributed by atoms with van der Waals surface area (Å²) in [5.41, 5.74) is 1.27. The van der Waals surface area contributed by atoms with Crippen LogP contribution in [0.1, 0.15) is 11.1 Å². The highest BCUT2D eigenvalue weighted by molar-refractivity contribution is 7.92. The van der Waals surface area contributed by atoms with E-state index in [-0.39, 0.29) is 22.1 Å². The number of anilines is 1. The first-order valence-corrected chi connectivity index (χ1v) is 12.6. The average molecular weight is 570 g/mol. The highest BCUT2D eigenvalue weighted by atomic mass is 32.2. The number of alkyl halides is 3. The second kappa shape index (κ2) is 12.1. The monoisotopic (exact) mass is 569 g/mol. The lowest BCUT2D eigenvalue weighted by molar-refractivity contribution is -0.274. The molecular formula is C26H26F3NO8S. The first kappa shape index (κ1) is 29.3. The standard InChI is InChI=1S/C26H26F3NO8S/c1-33-21-13-16(6-7-17-14-22(34-2)25(37-5)23(15-17)35-3)12-20(24(21)36-4)30-39(31,32)19-10-8-18(9-11-19)38-26(27,28)29/h6-15,30H,1-5H3/b7-6-. The molecule has 0 aliphatic rings. The van der Waals surface area contributed by atoms with Crippen molar-refractivity contribution in [2.75, 3.05) is 40.3 Å². The number of rotatable bonds is 11. The zero-order valence-corrected chi connectivity index (χ0v) is 22.4. The number of ether oxygens (including phenoxy) is 6. The van der Waals surface area contributed by atoms with Crippen LogP contribution in [0.25, 0.3) is 12.2 Å². The second-order valence-corrected chi connectivity index (χ2v) is 9.40. The van der Waals surface area contributed by atoms with Crippen LogP contribution in [-0.2, 0) is 10.0 Å². The van der Waals surface area contributed by atoms with Crippen LogP contribution >= 0.6 is 0 Å². The average Bonchev–Trinajstić information content (AvgIpc) is 2.89. The van der Waals surface area contributed by atoms with E-state index in [1.165, 1.54) is 41.6 Å². The van der Waals surface area contributed by atoms with E-state index in [1.54, 1.807) is 30.4 Å². The predicted octanol–water partition coefficient (Wildman–Crippen LogP) is 5.60. The van der Waals surface area contributed by atoms with Gasteiger partial charge in [-0.3, -0.25) is 4.72 Å². The van der Waals surface area contributed by atoms with Crippen molar-refractivity contribution in [2.24, 2.45) is 0 Å². The molecule has 0 saturated heterocycles. The van der Waals surface area contributed by atoms with Crippen LogP contribution in [-0.4, -0.2) is 50.3 Å². The number of sulfonamides is 1. The van der Waals surface area contributed by atoms with Crippen molar-refractivity contribution in [1.29, 1.82) is 0 Å². The molecule has 0 unspecified atom stereocenters. The molecule has 3 rings (SSSR count). The summed E-state index contributed by atoms with van der Waals surface area (Å²) in [4.78, 5) is -0.295. The van der Waals surface area contributed by atoms with Crippen LogP contribution in [0.2, 0.25) is 0 Å². The molecule has 0 radical (unpaired) electrons. The van der Waals surface area contributed by atoms with Crippen LogP contribution in [0.5, 0.6) is 34.5 Å². The Bertz CT molecular complexity index is 1410. The van der Waals surface area contributed by atoms with E-state index >= 15 is 0 Å². The topological polar surface area (TPSA) is 102 Å². The highest BCUT2D eigenvalue weighted by Gasteiger charge is 2.31. The van der Waals surface area contributed by atoms with Gasteiger partial charge in [0.25, 0.3) is 10.0 Å². The Kier molecular flexibility index (Phi) is 9.07. The summed E-state index contributed by atoms with van der Waals surface area (Å²) >= 11 is 0. The zero-order valence-electron chi connectivity index (χ0n) is 21.6. The lowest BCUT2D eigenvalue weighted by Gasteiger charge is -2.16. The Morgan fingerprint density at radius 3 is 1.59 bits per heavy atom. The number of hydrogen-bond acceptors (Lipinski definition) is 8. The minimum absolute atomic E-state index is 0.0389. The molecule has 1 N–H and O–H groups in total. The van der Waals surface area contributed by atoms with Crippen molar-refractivity contribution in [3.05, 3.63) is 59.7 Å². The molecule has 39 heavy (non-hydrogen) atoms. The third-order valence-corrected chi connectivity index (χ3v) is 6.65. The quantitative estimate of drug-likeness (QED) is 0.298. The van der Waals surface area contributed by atoms with Crippen LogP contribution in [0.15, 0.2) is 53.4 Å². The molecule has 13 heteroatoms. The smallest absolute Gasteiger partial charge is 0.493 e. The molecule has 0 fully saturated rings. The number of halogens is 3. The normalized spacial score (nSPS) is 11.7. The molecule has 0 aliphatic carbocycles. The van der Waals surface area contributed by atoms with Gasteiger partial charge in [0, 0.05) is 0 Å². The van der Waals surface area contributed by atoms with E-state index in [9.17, 15) is 21.6 Å². The Morgan fingerprint density at radius 2 is 1.15 bits per heavy atom. The van der Waals surface area contributed by atoms with Crippen LogP contribution in [0, 0.1) is 0 Å². The fourth-order valence-corrected chi connectivity index (χ4v) is 4.63. The first-order chi connectivity index (χ1) is 18.4. The lowest BCUT2D eigenvalue weighted by atomic mass is 10.1. The Hall–Kier alpha value is -4.26. The molecule has 9 nitrogen and oxygen atoms in total. The van der Waals surface area contributed by atoms with Crippen LogP contribution in [0.3, 0.4) is 0 Å². The highest BCUT2D eigenvalue weighted by Crippen LogP contribution is 2.40. The third-order valence-electron chi connectivity index (χ3n) is 5.27. The van der Waals surface area contributed by atoms with Gasteiger partial charge in [0.05, 0.1) is 46.1 Å². The summed E-state index contributed by atoms with van der Waals surface area (Å²) < 4.78 is 96.4. The molecule has 3 aromatic rings. The van der Waals surface area contributed by atoms with Gasteiger partial charge in [-0.25, -0.2) is 8.42 Å². The number of methoxy groups -OCH3 is 5. The largest absolute Gasteiger partial charge is 0.573 e. The summed E-state index contributed by atoms with van der Waals surface area (Å²) in [5.74, 6) is 1.10. The Morgan fingerprint density at radius 1 is 0.692 bits per heavy atom. The minimum Gasteiger partial charge on any atom is -0.493 e. The van der Waals surface area contributed by atoms with E-state index < -0.39 is 22.1 Å². The van der Waals surface area contributed by atoms with Gasteiger partial charge in [-0.1, -0.05) is 12.2 Å². The summed E-state index contributed by atoms with van der Waals surface area (Å²) in [6.07, 6.45) is -1.47. The van der Waals surface area contributed by atoms with Gasteiger partial charge in [-0.05, 0) is 59.7 Å². The van der Waals surface area contributed by atoms with Crippen molar-refractivity contribution in [3.63, 3.8) is 0 Å². The molecule has 0 bridgehead atoms. The van der Waals surface area contributed by atoms with E-state index in [2.05, 4.69) is 9.46 Å². The maximum absolute atomic E-state index is 13.0. The van der Waals surface area contributed by atoms with Gasteiger partial charge in [-0.2, -0.15) is 0 Å². The molecule has 0 aromatic heterocycles. The molecule has 0 spiro atoms. The van der Waals surface area contributed by atoms with E-state index in [0.29, 0.717) is 28.4 Å². The van der Waals surface area contributed by atoms with E-state index in [1.807, 2.05) is 0 Å². The summed E-state index contributed by atoms with van der Waals surface area (Å²) in [7, 11) is 2.98. The van der Waals surface area contributed by atoms with Gasteiger partial charge in [-0.15, -0.1) is 13.2 Å². The number of benzene rings is 3. The summed E-state index contributed by atoms with van der Waals surface area (Å²) in [6, 6.07) is 10.4. The van der Waals surface area contributed by atoms with E-state index in [0.717, 1.165) is 24.3 Å². The van der Waals surface area contributed by atoms with Crippen molar-refractivity contribution >= 4 is 27.9 Å². The van der Waals surface area contributed by atoms with Crippen molar-refractivity contribution in [2.45, 2.75) is 11.3 Å². The molecule has 0 aliphatic heterocycles. The van der Waals surface area contributed by atoms with Crippen LogP contribution in [0.4, 0.5) is 18.9 Å². The predicted molar refractivity (Wildman–Crippen MR) is 139 cm³/mol. The Labute approximate surface area is 223 Å². The zero-order chi connectivity index (χ0) is 28.8. The van der Waals surface area contributed by atoms with Gasteiger partial charge in [0.1, 0.15) is 5.75 Å². The van der Waals surface area contributed by atoms with E-state index in [4.69, 9.17) is 23.7 Å². The third kappa shape index (κ3) is 7.19. The number of nitrogens with one attached hydrogen (secondary N) is 1. The molecule has 0 amide bonds. The Balaban J connectivity index is 1.97. The summed E-state index contributed by atoms with van der Waals surface area (Å²) in [6.45, 7) is 0. The lowest BCUT2D eigenvalue weighted by Crippen LogP contribution is -2.17. The number of hydrogen-bond donors (Lipinski definition) is 1. The molecule has 0 atom stereocenters. The van der Waals surface area contributed by atoms with Crippen molar-refractivity contribution in [1.82, 2.24) is 0 Å². The SMILES string of the molecule is COc1cc(/C=C\c2cc(OC)c(OC)c(OC)c2)cc(NS(=O)(=O)c2ccc(OC(F)(F)F)cc2)c1OC. The second-order valence-electron chi connectivity index (χ2n) is 7.72. The van der Waals surface area contributed by atoms with Gasteiger partial charge >= 0.3 is 6.36 Å². The van der Waals surface area contributed by atoms with Gasteiger partial charge < -0.3 is 28.4 Å². The van der Waals surface area contributed by atoms with Crippen LogP contribution < -0.4 is 33.1 Å². The molecule has 0 saturated carbocycles. The minimum atomic E-state index is -4.90. The fourth-order valence-electron chi connectivity index (χ4n) is 3.57. The fraction of sp³-hybridized carbons (Fsp3) is 0.231. The summed E-state index contributed by atoms with van der Waals surface area (Å²) in [5, 5.41) is 0. The molecule has 210 valence electrons. The van der Waals surface area contributed by atoms with Gasteiger partial charge in [0.15, 0.2) is 23.0 Å². The molecule has 0 heterocycles. The van der Waals surface area contributed by atoms with Crippen molar-refractivity contribution in [3.8, 4) is 34.5 Å². The maximum atomic E-state index is 13.0.